The molecular formula is C14H21BrN4O. The monoisotopic (exact) mass is 340 g/mol. The molecule has 0 aromatic carbocycles. The van der Waals surface area contributed by atoms with Crippen LogP contribution in [0, 0.1) is 5.92 Å². The lowest BCUT2D eigenvalue weighted by Crippen LogP contribution is -2.53. The molecule has 1 N–H and O–H groups in total. The Labute approximate surface area is 127 Å². The minimum atomic E-state index is -0.0434. The van der Waals surface area contributed by atoms with Gasteiger partial charge in [-0.25, -0.2) is 4.68 Å². The first-order valence-corrected chi connectivity index (χ1v) is 8.23. The lowest BCUT2D eigenvalue weighted by Gasteiger charge is -2.45. The van der Waals surface area contributed by atoms with Gasteiger partial charge in [0.1, 0.15) is 4.47 Å². The second-order valence-corrected chi connectivity index (χ2v) is 6.58. The Morgan fingerprint density at radius 1 is 1.45 bits per heavy atom. The van der Waals surface area contributed by atoms with Crippen molar-refractivity contribution in [3.63, 3.8) is 0 Å². The lowest BCUT2D eigenvalue weighted by atomic mass is 9.84. The van der Waals surface area contributed by atoms with Gasteiger partial charge in [0.05, 0.1) is 11.9 Å². The summed E-state index contributed by atoms with van der Waals surface area (Å²) in [4.78, 5) is 14.7. The van der Waals surface area contributed by atoms with Gasteiger partial charge in [0, 0.05) is 19.1 Å². The number of rotatable bonds is 4. The van der Waals surface area contributed by atoms with E-state index < -0.39 is 0 Å². The first-order chi connectivity index (χ1) is 9.69. The molecule has 1 unspecified atom stereocenters. The van der Waals surface area contributed by atoms with Crippen LogP contribution in [0.2, 0.25) is 0 Å². The number of hydrogen-bond donors (Lipinski definition) is 1. The summed E-state index contributed by atoms with van der Waals surface area (Å²) >= 11 is 3.43. The average molecular weight is 341 g/mol. The summed E-state index contributed by atoms with van der Waals surface area (Å²) in [6, 6.07) is 0.442. The van der Waals surface area contributed by atoms with Gasteiger partial charge in [0.25, 0.3) is 5.56 Å². The molecule has 110 valence electrons. The summed E-state index contributed by atoms with van der Waals surface area (Å²) in [7, 11) is 0. The first-order valence-electron chi connectivity index (χ1n) is 7.43. The predicted molar refractivity (Wildman–Crippen MR) is 83.1 cm³/mol. The van der Waals surface area contributed by atoms with Crippen LogP contribution in [0.4, 0.5) is 5.69 Å². The molecule has 1 atom stereocenters. The summed E-state index contributed by atoms with van der Waals surface area (Å²) in [5.74, 6) is 0.727. The van der Waals surface area contributed by atoms with Gasteiger partial charge in [-0.05, 0) is 54.2 Å². The van der Waals surface area contributed by atoms with Crippen molar-refractivity contribution >= 4 is 21.6 Å². The van der Waals surface area contributed by atoms with Crippen LogP contribution in [0.1, 0.15) is 26.2 Å². The van der Waals surface area contributed by atoms with Crippen LogP contribution in [-0.2, 0) is 6.54 Å². The minimum absolute atomic E-state index is 0.0434. The normalized spacial score (nSPS) is 28.6. The third-order valence-electron chi connectivity index (χ3n) is 4.42. The molecule has 0 amide bonds. The largest absolute Gasteiger partial charge is 0.378 e. The molecule has 3 fully saturated rings. The third kappa shape index (κ3) is 2.63. The van der Waals surface area contributed by atoms with Crippen molar-refractivity contribution in [2.75, 3.05) is 25.0 Å². The van der Waals surface area contributed by atoms with Crippen LogP contribution in [0.25, 0.3) is 0 Å². The van der Waals surface area contributed by atoms with E-state index in [1.54, 1.807) is 6.20 Å². The second kappa shape index (κ2) is 5.85. The van der Waals surface area contributed by atoms with E-state index in [0.29, 0.717) is 17.1 Å². The zero-order valence-corrected chi connectivity index (χ0v) is 13.4. The van der Waals surface area contributed by atoms with Crippen molar-refractivity contribution in [1.82, 2.24) is 14.7 Å². The molecule has 0 saturated carbocycles. The Morgan fingerprint density at radius 2 is 2.20 bits per heavy atom. The van der Waals surface area contributed by atoms with Crippen LogP contribution in [-0.4, -0.2) is 40.4 Å². The van der Waals surface area contributed by atoms with Crippen molar-refractivity contribution < 1.29 is 0 Å². The molecule has 1 aromatic rings. The van der Waals surface area contributed by atoms with Gasteiger partial charge in [0.2, 0.25) is 0 Å². The molecular weight excluding hydrogens is 320 g/mol. The van der Waals surface area contributed by atoms with Crippen molar-refractivity contribution in [1.29, 1.82) is 0 Å². The van der Waals surface area contributed by atoms with Crippen LogP contribution in [0.3, 0.4) is 0 Å². The van der Waals surface area contributed by atoms with Crippen molar-refractivity contribution in [3.8, 4) is 0 Å². The molecule has 4 heterocycles. The summed E-state index contributed by atoms with van der Waals surface area (Å²) < 4.78 is 2.13. The maximum absolute atomic E-state index is 12.2. The highest BCUT2D eigenvalue weighted by molar-refractivity contribution is 9.10. The van der Waals surface area contributed by atoms with E-state index in [0.717, 1.165) is 24.6 Å². The van der Waals surface area contributed by atoms with Crippen molar-refractivity contribution in [2.24, 2.45) is 5.92 Å². The highest BCUT2D eigenvalue weighted by Crippen LogP contribution is 2.30. The highest BCUT2D eigenvalue weighted by atomic mass is 79.9. The summed E-state index contributed by atoms with van der Waals surface area (Å²) in [6.45, 7) is 6.23. The number of nitrogens with one attached hydrogen (secondary N) is 1. The molecule has 1 aromatic heterocycles. The standard InChI is InChI=1S/C14H21BrN4O/c1-2-5-19-14(20)13(15)11(8-16-19)17-12-9-18-6-3-10(12)4-7-18/h8,10,12,17H,2-7,9H2,1H3. The number of halogens is 1. The zero-order chi connectivity index (χ0) is 14.1. The maximum atomic E-state index is 12.2. The fraction of sp³-hybridized carbons (Fsp3) is 0.714. The Bertz CT molecular complexity index is 536. The number of hydrogen-bond acceptors (Lipinski definition) is 4. The van der Waals surface area contributed by atoms with E-state index in [-0.39, 0.29) is 5.56 Å². The quantitative estimate of drug-likeness (QED) is 0.909. The Morgan fingerprint density at radius 3 is 2.80 bits per heavy atom. The van der Waals surface area contributed by atoms with E-state index in [9.17, 15) is 4.79 Å². The summed E-state index contributed by atoms with van der Waals surface area (Å²) in [5.41, 5.74) is 0.791. The lowest BCUT2D eigenvalue weighted by molar-refractivity contribution is 0.0975. The summed E-state index contributed by atoms with van der Waals surface area (Å²) in [5, 5.41) is 7.78. The smallest absolute Gasteiger partial charge is 0.283 e. The van der Waals surface area contributed by atoms with E-state index in [2.05, 4.69) is 31.2 Å². The van der Waals surface area contributed by atoms with Gasteiger partial charge >= 0.3 is 0 Å². The molecule has 4 rings (SSSR count). The van der Waals surface area contributed by atoms with Gasteiger partial charge in [-0.15, -0.1) is 0 Å². The average Bonchev–Trinajstić information content (AvgIpc) is 2.48. The first kappa shape index (κ1) is 14.1. The van der Waals surface area contributed by atoms with E-state index in [1.165, 1.54) is 30.6 Å². The maximum Gasteiger partial charge on any atom is 0.283 e. The zero-order valence-electron chi connectivity index (χ0n) is 11.8. The number of piperidine rings is 3. The molecule has 6 heteroatoms. The topological polar surface area (TPSA) is 50.2 Å². The van der Waals surface area contributed by atoms with Gasteiger partial charge in [-0.1, -0.05) is 6.92 Å². The number of aromatic nitrogens is 2. The molecule has 2 bridgehead atoms. The number of anilines is 1. The van der Waals surface area contributed by atoms with Gasteiger partial charge in [-0.2, -0.15) is 5.10 Å². The third-order valence-corrected chi connectivity index (χ3v) is 5.18. The van der Waals surface area contributed by atoms with E-state index in [1.807, 2.05) is 6.92 Å². The Balaban J connectivity index is 1.78. The molecule has 5 nitrogen and oxygen atoms in total. The fourth-order valence-corrected chi connectivity index (χ4v) is 3.69. The van der Waals surface area contributed by atoms with Crippen LogP contribution in [0.5, 0.6) is 0 Å². The summed E-state index contributed by atoms with van der Waals surface area (Å²) in [6.07, 6.45) is 5.20. The minimum Gasteiger partial charge on any atom is -0.378 e. The SMILES string of the molecule is CCCn1ncc(NC2CN3CCC2CC3)c(Br)c1=O. The predicted octanol–water partition coefficient (Wildman–Crippen LogP) is 1.92. The number of nitrogens with zero attached hydrogens (tertiary/aromatic N) is 3. The Kier molecular flexibility index (Phi) is 4.12. The van der Waals surface area contributed by atoms with Gasteiger partial charge < -0.3 is 10.2 Å². The molecule has 0 spiro atoms. The molecule has 0 aliphatic carbocycles. The molecule has 20 heavy (non-hydrogen) atoms. The fourth-order valence-electron chi connectivity index (χ4n) is 3.27. The van der Waals surface area contributed by atoms with Crippen molar-refractivity contribution in [2.45, 2.75) is 38.8 Å². The molecule has 0 radical (unpaired) electrons. The molecule has 3 saturated heterocycles. The van der Waals surface area contributed by atoms with Crippen LogP contribution >= 0.6 is 15.9 Å². The van der Waals surface area contributed by atoms with Gasteiger partial charge in [0.15, 0.2) is 0 Å². The van der Waals surface area contributed by atoms with Crippen LogP contribution < -0.4 is 10.9 Å². The highest BCUT2D eigenvalue weighted by Gasteiger charge is 2.34. The Hall–Kier alpha value is -0.880. The van der Waals surface area contributed by atoms with Crippen LogP contribution in [0.15, 0.2) is 15.5 Å². The van der Waals surface area contributed by atoms with Gasteiger partial charge in [-0.3, -0.25) is 4.79 Å². The van der Waals surface area contributed by atoms with E-state index >= 15 is 0 Å². The van der Waals surface area contributed by atoms with Crippen molar-refractivity contribution in [3.05, 3.63) is 21.0 Å². The number of aryl methyl sites for hydroxylation is 1. The molecule has 3 aliphatic rings. The second-order valence-electron chi connectivity index (χ2n) is 5.79. The van der Waals surface area contributed by atoms with E-state index in [4.69, 9.17) is 0 Å². The number of fused-ring (bicyclic) bond motifs is 3. The molecule has 3 aliphatic heterocycles.